The van der Waals surface area contributed by atoms with Crippen LogP contribution in [0.25, 0.3) is 11.1 Å². The number of nitrogens with one attached hydrogen (secondary N) is 1. The first-order chi connectivity index (χ1) is 14.4. The van der Waals surface area contributed by atoms with Gasteiger partial charge in [0.1, 0.15) is 17.5 Å². The Morgan fingerprint density at radius 2 is 1.77 bits per heavy atom. The summed E-state index contributed by atoms with van der Waals surface area (Å²) in [4.78, 5) is 26.0. The van der Waals surface area contributed by atoms with E-state index >= 15 is 0 Å². The van der Waals surface area contributed by atoms with Crippen molar-refractivity contribution >= 4 is 23.3 Å². The van der Waals surface area contributed by atoms with Crippen molar-refractivity contribution in [3.8, 4) is 11.1 Å². The maximum atomic E-state index is 13.6. The summed E-state index contributed by atoms with van der Waals surface area (Å²) in [5.74, 6) is -1.71. The molecule has 0 aromatic heterocycles. The highest BCUT2D eigenvalue weighted by molar-refractivity contribution is 6.31. The molecular formula is C24H27ClFNO3. The van der Waals surface area contributed by atoms with E-state index < -0.39 is 11.7 Å². The first-order valence-corrected chi connectivity index (χ1v) is 10.7. The molecular weight excluding hydrogens is 405 g/mol. The zero-order valence-electron chi connectivity index (χ0n) is 17.3. The van der Waals surface area contributed by atoms with E-state index in [1.807, 2.05) is 25.1 Å². The number of rotatable bonds is 3. The molecule has 3 rings (SSSR count). The smallest absolute Gasteiger partial charge is 0.235 e. The minimum atomic E-state index is -0.861. The van der Waals surface area contributed by atoms with Crippen molar-refractivity contribution in [3.05, 3.63) is 58.4 Å². The lowest BCUT2D eigenvalue weighted by Gasteiger charge is -2.19. The minimum absolute atomic E-state index is 0.0334. The predicted molar refractivity (Wildman–Crippen MR) is 116 cm³/mol. The zero-order chi connectivity index (χ0) is 21.7. The first kappa shape index (κ1) is 22.4. The quantitative estimate of drug-likeness (QED) is 0.679. The van der Waals surface area contributed by atoms with Gasteiger partial charge in [-0.2, -0.15) is 0 Å². The molecule has 0 aliphatic carbocycles. The van der Waals surface area contributed by atoms with Gasteiger partial charge in [-0.1, -0.05) is 29.8 Å². The van der Waals surface area contributed by atoms with Crippen LogP contribution in [-0.4, -0.2) is 31.4 Å². The van der Waals surface area contributed by atoms with Crippen LogP contribution in [0.2, 0.25) is 5.02 Å². The Balaban J connectivity index is 1.95. The van der Waals surface area contributed by atoms with Gasteiger partial charge in [-0.25, -0.2) is 4.39 Å². The maximum absolute atomic E-state index is 13.6. The number of aryl methyl sites for hydroxylation is 1. The van der Waals surface area contributed by atoms with Gasteiger partial charge in [-0.15, -0.1) is 0 Å². The Kier molecular flexibility index (Phi) is 7.62. The number of carbonyl (C=O) groups is 2. The van der Waals surface area contributed by atoms with Gasteiger partial charge in [-0.05, 0) is 73.1 Å². The molecule has 2 aromatic rings. The number of benzene rings is 2. The highest BCUT2D eigenvalue weighted by Crippen LogP contribution is 2.31. The fraction of sp³-hybridized carbons (Fsp3) is 0.417. The van der Waals surface area contributed by atoms with E-state index in [0.29, 0.717) is 24.9 Å². The van der Waals surface area contributed by atoms with Crippen molar-refractivity contribution in [2.75, 3.05) is 13.7 Å². The Hall–Kier alpha value is -2.24. The van der Waals surface area contributed by atoms with Gasteiger partial charge < -0.3 is 10.1 Å². The van der Waals surface area contributed by atoms with Crippen LogP contribution < -0.4 is 5.32 Å². The van der Waals surface area contributed by atoms with Crippen LogP contribution in [0.5, 0.6) is 0 Å². The number of hydrogen-bond donors (Lipinski definition) is 1. The highest BCUT2D eigenvalue weighted by atomic mass is 35.5. The number of Topliss-reactive ketones (excluding diaryl/α,β-unsaturated/α-hetero) is 1. The fourth-order valence-corrected chi connectivity index (χ4v) is 4.12. The minimum Gasteiger partial charge on any atom is -0.381 e. The van der Waals surface area contributed by atoms with E-state index in [9.17, 15) is 14.0 Å². The van der Waals surface area contributed by atoms with E-state index in [1.54, 1.807) is 19.2 Å². The fourth-order valence-electron chi connectivity index (χ4n) is 3.94. The highest BCUT2D eigenvalue weighted by Gasteiger charge is 2.30. The standard InChI is InChI=1S/C24H27ClFNO3/c1-15-8-9-16(17-10-11-21(26)20(25)14-17)13-19(15)23-22(28)7-3-5-18(30-2)6-4-12-27-24(23)29/h8-11,13-14,18,23H,3-7,12H2,1-2H3,(H,27,29). The van der Waals surface area contributed by atoms with E-state index in [1.165, 1.54) is 6.07 Å². The van der Waals surface area contributed by atoms with E-state index in [4.69, 9.17) is 16.3 Å². The van der Waals surface area contributed by atoms with Crippen LogP contribution in [0.1, 0.15) is 49.1 Å². The lowest BCUT2D eigenvalue weighted by molar-refractivity contribution is -0.130. The molecule has 4 nitrogen and oxygen atoms in total. The van der Waals surface area contributed by atoms with Crippen LogP contribution >= 0.6 is 11.6 Å². The third kappa shape index (κ3) is 5.27. The van der Waals surface area contributed by atoms with Gasteiger partial charge in [0, 0.05) is 20.1 Å². The molecule has 1 N–H and O–H groups in total. The average Bonchev–Trinajstić information content (AvgIpc) is 2.75. The molecule has 1 aliphatic heterocycles. The van der Waals surface area contributed by atoms with Crippen molar-refractivity contribution in [2.45, 2.75) is 51.0 Å². The van der Waals surface area contributed by atoms with Crippen LogP contribution in [0, 0.1) is 12.7 Å². The normalized spacial score (nSPS) is 21.1. The third-order valence-electron chi connectivity index (χ3n) is 5.71. The Bertz CT molecular complexity index is 931. The molecule has 0 radical (unpaired) electrons. The summed E-state index contributed by atoms with van der Waals surface area (Å²) >= 11 is 5.94. The molecule has 1 amide bonds. The number of ketones is 1. The monoisotopic (exact) mass is 431 g/mol. The molecule has 2 atom stereocenters. The molecule has 2 aromatic carbocycles. The molecule has 1 fully saturated rings. The summed E-state index contributed by atoms with van der Waals surface area (Å²) in [5.41, 5.74) is 3.06. The number of halogens is 2. The van der Waals surface area contributed by atoms with Crippen molar-refractivity contribution in [1.82, 2.24) is 5.32 Å². The number of hydrogen-bond acceptors (Lipinski definition) is 3. The third-order valence-corrected chi connectivity index (χ3v) is 6.00. The van der Waals surface area contributed by atoms with Gasteiger partial charge >= 0.3 is 0 Å². The summed E-state index contributed by atoms with van der Waals surface area (Å²) in [7, 11) is 1.68. The average molecular weight is 432 g/mol. The van der Waals surface area contributed by atoms with Crippen molar-refractivity contribution < 1.29 is 18.7 Å². The van der Waals surface area contributed by atoms with Gasteiger partial charge in [0.2, 0.25) is 5.91 Å². The summed E-state index contributed by atoms with van der Waals surface area (Å²) in [5, 5.41) is 2.95. The summed E-state index contributed by atoms with van der Waals surface area (Å²) < 4.78 is 19.0. The Labute approximate surface area is 181 Å². The summed E-state index contributed by atoms with van der Waals surface area (Å²) in [6.45, 7) is 2.40. The van der Waals surface area contributed by atoms with Crippen molar-refractivity contribution in [3.63, 3.8) is 0 Å². The number of carbonyl (C=O) groups excluding carboxylic acids is 2. The molecule has 0 saturated carbocycles. The predicted octanol–water partition coefficient (Wildman–Crippen LogP) is 5.20. The van der Waals surface area contributed by atoms with Gasteiger partial charge in [0.25, 0.3) is 0 Å². The molecule has 2 unspecified atom stereocenters. The summed E-state index contributed by atoms with van der Waals surface area (Å²) in [6.07, 6.45) is 3.58. The van der Waals surface area contributed by atoms with Crippen molar-refractivity contribution in [2.24, 2.45) is 0 Å². The SMILES string of the molecule is COC1CCCNC(=O)C(c2cc(-c3ccc(F)c(Cl)c3)ccc2C)C(=O)CCC1. The molecule has 0 bridgehead atoms. The second-order valence-corrected chi connectivity index (χ2v) is 8.19. The zero-order valence-corrected chi connectivity index (χ0v) is 18.1. The molecule has 1 saturated heterocycles. The molecule has 1 aliphatic rings. The van der Waals surface area contributed by atoms with Crippen LogP contribution in [-0.2, 0) is 14.3 Å². The lowest BCUT2D eigenvalue weighted by Crippen LogP contribution is -2.34. The number of ether oxygens (including phenoxy) is 1. The van der Waals surface area contributed by atoms with Gasteiger partial charge in [0.05, 0.1) is 11.1 Å². The van der Waals surface area contributed by atoms with Crippen LogP contribution in [0.4, 0.5) is 4.39 Å². The van der Waals surface area contributed by atoms with Crippen molar-refractivity contribution in [1.29, 1.82) is 0 Å². The van der Waals surface area contributed by atoms with E-state index in [-0.39, 0.29) is 22.8 Å². The number of amides is 1. The largest absolute Gasteiger partial charge is 0.381 e. The van der Waals surface area contributed by atoms with Crippen LogP contribution in [0.3, 0.4) is 0 Å². The molecule has 6 heteroatoms. The maximum Gasteiger partial charge on any atom is 0.235 e. The lowest BCUT2D eigenvalue weighted by atomic mass is 9.86. The topological polar surface area (TPSA) is 55.4 Å². The summed E-state index contributed by atoms with van der Waals surface area (Å²) in [6, 6.07) is 10.1. The second-order valence-electron chi connectivity index (χ2n) is 7.78. The number of methoxy groups -OCH3 is 1. The van der Waals surface area contributed by atoms with E-state index in [0.717, 1.165) is 36.0 Å². The Morgan fingerprint density at radius 1 is 1.07 bits per heavy atom. The van der Waals surface area contributed by atoms with Gasteiger partial charge in [-0.3, -0.25) is 9.59 Å². The molecule has 160 valence electrons. The van der Waals surface area contributed by atoms with Crippen LogP contribution in [0.15, 0.2) is 36.4 Å². The molecule has 0 spiro atoms. The molecule has 30 heavy (non-hydrogen) atoms. The van der Waals surface area contributed by atoms with E-state index in [2.05, 4.69) is 5.32 Å². The first-order valence-electron chi connectivity index (χ1n) is 10.3. The van der Waals surface area contributed by atoms with Gasteiger partial charge in [0.15, 0.2) is 0 Å². The second kappa shape index (κ2) is 10.2. The Morgan fingerprint density at radius 3 is 2.50 bits per heavy atom. The molecule has 1 heterocycles.